The Labute approximate surface area is 221 Å². The third-order valence-electron chi connectivity index (χ3n) is 6.71. The van der Waals surface area contributed by atoms with Gasteiger partial charge >= 0.3 is 0 Å². The topological polar surface area (TPSA) is 6.25 Å². The SMILES string of the molecule is CC1(C)C(Cc2c(Cl)cccc2Cl)C(N2CCCC2)=CC=[N+]1Cc1c(Cl)cccc1Cl.[Br-]. The van der Waals surface area contributed by atoms with E-state index in [4.69, 9.17) is 46.4 Å². The van der Waals surface area contributed by atoms with Gasteiger partial charge in [-0.3, -0.25) is 0 Å². The molecular weight excluding hydrogens is 550 g/mol. The van der Waals surface area contributed by atoms with Crippen LogP contribution in [0.25, 0.3) is 0 Å². The van der Waals surface area contributed by atoms with Crippen LogP contribution < -0.4 is 17.0 Å². The van der Waals surface area contributed by atoms with E-state index in [1.807, 2.05) is 36.4 Å². The van der Waals surface area contributed by atoms with Crippen molar-refractivity contribution in [2.24, 2.45) is 5.92 Å². The van der Waals surface area contributed by atoms with Gasteiger partial charge in [-0.05, 0) is 49.1 Å². The maximum Gasteiger partial charge on any atom is 0.171 e. The summed E-state index contributed by atoms with van der Waals surface area (Å²) in [7, 11) is 0. The van der Waals surface area contributed by atoms with E-state index in [0.717, 1.165) is 40.7 Å². The third kappa shape index (κ3) is 5.18. The molecule has 1 saturated heterocycles. The number of rotatable bonds is 5. The fourth-order valence-corrected chi connectivity index (χ4v) is 5.80. The van der Waals surface area contributed by atoms with Gasteiger partial charge in [0, 0.05) is 48.8 Å². The van der Waals surface area contributed by atoms with Crippen molar-refractivity contribution in [3.63, 3.8) is 0 Å². The van der Waals surface area contributed by atoms with Gasteiger partial charge in [0.2, 0.25) is 0 Å². The van der Waals surface area contributed by atoms with Gasteiger partial charge in [0.05, 0.1) is 21.5 Å². The Morgan fingerprint density at radius 2 is 1.38 bits per heavy atom. The predicted octanol–water partition coefficient (Wildman–Crippen LogP) is 4.52. The minimum Gasteiger partial charge on any atom is -1.00 e. The molecule has 7 heteroatoms. The zero-order chi connectivity index (χ0) is 22.2. The summed E-state index contributed by atoms with van der Waals surface area (Å²) in [5, 5.41) is 2.83. The zero-order valence-electron chi connectivity index (χ0n) is 18.2. The molecule has 0 N–H and O–H groups in total. The summed E-state index contributed by atoms with van der Waals surface area (Å²) in [5.41, 5.74) is 3.12. The lowest BCUT2D eigenvalue weighted by atomic mass is 9.77. The molecule has 1 unspecified atom stereocenters. The van der Waals surface area contributed by atoms with Gasteiger partial charge < -0.3 is 21.9 Å². The summed E-state index contributed by atoms with van der Waals surface area (Å²) in [4.78, 5) is 2.52. The molecule has 2 aromatic carbocycles. The molecule has 2 aliphatic heterocycles. The highest BCUT2D eigenvalue weighted by atomic mass is 79.9. The van der Waals surface area contributed by atoms with Crippen LogP contribution in [0.15, 0.2) is 48.2 Å². The molecule has 0 bridgehead atoms. The quantitative estimate of drug-likeness (QED) is 0.475. The Hall–Kier alpha value is -0.710. The molecule has 0 aliphatic carbocycles. The van der Waals surface area contributed by atoms with Crippen LogP contribution in [0.2, 0.25) is 20.1 Å². The van der Waals surface area contributed by atoms with Gasteiger partial charge in [-0.15, -0.1) is 0 Å². The standard InChI is InChI=1S/C25H27Cl4N2.BrH/c1-25(2)19(15-17-20(26)7-5-8-21(17)27)24(30-12-3-4-13-30)11-14-31(25)16-18-22(28)9-6-10-23(18)29;/h5-11,14,19H,3-4,12-13,15-16H2,1-2H3;1H/q+1;/p-1. The molecule has 0 amide bonds. The molecule has 32 heavy (non-hydrogen) atoms. The molecule has 2 aromatic rings. The molecule has 2 heterocycles. The van der Waals surface area contributed by atoms with Crippen molar-refractivity contribution < 1.29 is 21.6 Å². The van der Waals surface area contributed by atoms with Gasteiger partial charge in [-0.1, -0.05) is 58.5 Å². The molecule has 0 saturated carbocycles. The minimum atomic E-state index is -0.197. The molecule has 0 radical (unpaired) electrons. The van der Waals surface area contributed by atoms with Crippen molar-refractivity contribution in [3.8, 4) is 0 Å². The molecule has 4 rings (SSSR count). The second-order valence-corrected chi connectivity index (χ2v) is 10.5. The van der Waals surface area contributed by atoms with Crippen molar-refractivity contribution in [1.82, 2.24) is 4.90 Å². The highest BCUT2D eigenvalue weighted by Crippen LogP contribution is 2.40. The first kappa shape index (κ1) is 25.9. The van der Waals surface area contributed by atoms with Crippen molar-refractivity contribution in [3.05, 3.63) is 79.4 Å². The summed E-state index contributed by atoms with van der Waals surface area (Å²) in [6.45, 7) is 7.40. The van der Waals surface area contributed by atoms with Crippen LogP contribution in [-0.4, -0.2) is 34.3 Å². The lowest BCUT2D eigenvalue weighted by molar-refractivity contribution is -0.621. The monoisotopic (exact) mass is 574 g/mol. The number of likely N-dealkylation sites (tertiary alicyclic amines) is 1. The molecule has 0 spiro atoms. The van der Waals surface area contributed by atoms with E-state index in [-0.39, 0.29) is 28.4 Å². The Bertz CT molecular complexity index is 1000. The summed E-state index contributed by atoms with van der Waals surface area (Å²) in [6.07, 6.45) is 7.69. The average molecular weight is 577 g/mol. The third-order valence-corrected chi connectivity index (χ3v) is 8.12. The van der Waals surface area contributed by atoms with Crippen molar-refractivity contribution in [2.45, 2.75) is 45.2 Å². The van der Waals surface area contributed by atoms with E-state index >= 15 is 0 Å². The van der Waals surface area contributed by atoms with Crippen LogP contribution in [0.4, 0.5) is 0 Å². The van der Waals surface area contributed by atoms with E-state index < -0.39 is 0 Å². The fourth-order valence-electron chi connectivity index (χ4n) is 4.73. The highest BCUT2D eigenvalue weighted by molar-refractivity contribution is 6.36. The number of hydrogen-bond donors (Lipinski definition) is 0. The Morgan fingerprint density at radius 3 is 1.91 bits per heavy atom. The molecular formula is C25H27BrCl4N2. The minimum absolute atomic E-state index is 0. The number of allylic oxidation sites excluding steroid dienone is 1. The first-order chi connectivity index (χ1) is 14.8. The second-order valence-electron chi connectivity index (χ2n) is 8.87. The number of halogens is 5. The molecule has 2 aliphatic rings. The number of nitrogens with zero attached hydrogens (tertiary/aromatic N) is 2. The van der Waals surface area contributed by atoms with Crippen LogP contribution >= 0.6 is 46.4 Å². The van der Waals surface area contributed by atoms with Crippen LogP contribution in [0.1, 0.15) is 37.8 Å². The second kappa shape index (κ2) is 10.7. The molecule has 2 nitrogen and oxygen atoms in total. The zero-order valence-corrected chi connectivity index (χ0v) is 22.8. The maximum atomic E-state index is 6.58. The van der Waals surface area contributed by atoms with Crippen LogP contribution in [-0.2, 0) is 13.0 Å². The van der Waals surface area contributed by atoms with Gasteiger partial charge in [0.15, 0.2) is 18.3 Å². The van der Waals surface area contributed by atoms with Crippen molar-refractivity contribution in [1.29, 1.82) is 0 Å². The van der Waals surface area contributed by atoms with E-state index in [0.29, 0.717) is 16.6 Å². The van der Waals surface area contributed by atoms with Crippen LogP contribution in [0.3, 0.4) is 0 Å². The number of benzene rings is 2. The van der Waals surface area contributed by atoms with E-state index in [1.165, 1.54) is 18.5 Å². The summed E-state index contributed by atoms with van der Waals surface area (Å²) in [5.74, 6) is 0.217. The molecule has 1 atom stereocenters. The highest BCUT2D eigenvalue weighted by Gasteiger charge is 2.46. The van der Waals surface area contributed by atoms with Crippen molar-refractivity contribution >= 4 is 52.6 Å². The Balaban J connectivity index is 0.00000289. The van der Waals surface area contributed by atoms with E-state index in [9.17, 15) is 0 Å². The predicted molar refractivity (Wildman–Crippen MR) is 133 cm³/mol. The van der Waals surface area contributed by atoms with Gasteiger partial charge in [0.1, 0.15) is 0 Å². The summed E-state index contributed by atoms with van der Waals surface area (Å²) < 4.78 is 2.34. The largest absolute Gasteiger partial charge is 1.00 e. The van der Waals surface area contributed by atoms with Gasteiger partial charge in [-0.2, -0.15) is 0 Å². The normalized spacial score (nSPS) is 19.9. The lowest BCUT2D eigenvalue weighted by Crippen LogP contribution is -3.00. The Morgan fingerprint density at radius 1 is 0.875 bits per heavy atom. The summed E-state index contributed by atoms with van der Waals surface area (Å²) >= 11 is 26.2. The van der Waals surface area contributed by atoms with E-state index in [1.54, 1.807) is 0 Å². The average Bonchev–Trinajstić information content (AvgIpc) is 3.24. The van der Waals surface area contributed by atoms with Gasteiger partial charge in [0.25, 0.3) is 0 Å². The lowest BCUT2D eigenvalue weighted by Gasteiger charge is -2.39. The fraction of sp³-hybridized carbons (Fsp3) is 0.400. The number of hydrogen-bond acceptors (Lipinski definition) is 1. The summed E-state index contributed by atoms with van der Waals surface area (Å²) in [6, 6.07) is 11.4. The first-order valence-corrected chi connectivity index (χ1v) is 12.2. The molecule has 1 fully saturated rings. The van der Waals surface area contributed by atoms with Crippen LogP contribution in [0.5, 0.6) is 0 Å². The molecule has 172 valence electrons. The first-order valence-electron chi connectivity index (χ1n) is 10.7. The van der Waals surface area contributed by atoms with E-state index in [2.05, 4.69) is 35.6 Å². The Kier molecular flexibility index (Phi) is 8.66. The maximum absolute atomic E-state index is 6.58. The van der Waals surface area contributed by atoms with Crippen LogP contribution in [0, 0.1) is 5.92 Å². The molecule has 0 aromatic heterocycles. The van der Waals surface area contributed by atoms with Crippen molar-refractivity contribution in [2.75, 3.05) is 13.1 Å². The van der Waals surface area contributed by atoms with Gasteiger partial charge in [-0.25, -0.2) is 4.58 Å². The smallest absolute Gasteiger partial charge is 0.171 e.